The van der Waals surface area contributed by atoms with Crippen molar-refractivity contribution in [1.82, 2.24) is 10.2 Å². The molecule has 0 atom stereocenters. The third-order valence-corrected chi connectivity index (χ3v) is 2.16. The van der Waals surface area contributed by atoms with Gasteiger partial charge in [0.25, 0.3) is 5.91 Å². The maximum Gasteiger partial charge on any atom is 0.305 e. The molecule has 2 aromatic rings. The second kappa shape index (κ2) is 4.62. The van der Waals surface area contributed by atoms with Crippen LogP contribution in [0.2, 0.25) is 0 Å². The largest absolute Gasteiger partial charge is 0.319 e. The van der Waals surface area contributed by atoms with Crippen LogP contribution in [0, 0.1) is 15.9 Å². The number of hydrogen-bond acceptors (Lipinski definition) is 4. The quantitative estimate of drug-likeness (QED) is 0.639. The number of carbonyl (C=O) groups excluding carboxylic acids is 1. The highest BCUT2D eigenvalue weighted by Gasteiger charge is 2.17. The van der Waals surface area contributed by atoms with Gasteiger partial charge in [0.2, 0.25) is 5.82 Å². The third kappa shape index (κ3) is 2.32. The Kier molecular flexibility index (Phi) is 3.00. The van der Waals surface area contributed by atoms with Gasteiger partial charge in [-0.15, -0.1) is 0 Å². The lowest BCUT2D eigenvalue weighted by Crippen LogP contribution is -2.12. The number of nitro benzene ring substituents is 1. The molecule has 0 saturated carbocycles. The SMILES string of the molecule is O=C(Nc1cn[nH]c1)c1ccc(F)c([N+](=O)[O-])c1. The fraction of sp³-hybridized carbons (Fsp3) is 0. The van der Waals surface area contributed by atoms with Crippen LogP contribution in [-0.2, 0) is 0 Å². The molecular weight excluding hydrogens is 243 g/mol. The third-order valence-electron chi connectivity index (χ3n) is 2.16. The number of carbonyl (C=O) groups is 1. The minimum absolute atomic E-state index is 0.00991. The van der Waals surface area contributed by atoms with E-state index in [9.17, 15) is 19.3 Å². The number of rotatable bonds is 3. The first kappa shape index (κ1) is 11.7. The summed E-state index contributed by atoms with van der Waals surface area (Å²) in [5, 5.41) is 19.1. The van der Waals surface area contributed by atoms with Gasteiger partial charge in [-0.2, -0.15) is 9.49 Å². The summed E-state index contributed by atoms with van der Waals surface area (Å²) in [5.74, 6) is -1.57. The van der Waals surface area contributed by atoms with E-state index >= 15 is 0 Å². The molecule has 0 radical (unpaired) electrons. The van der Waals surface area contributed by atoms with Crippen molar-refractivity contribution in [2.75, 3.05) is 5.32 Å². The van der Waals surface area contributed by atoms with Gasteiger partial charge in [-0.3, -0.25) is 20.0 Å². The van der Waals surface area contributed by atoms with Gasteiger partial charge in [-0.1, -0.05) is 0 Å². The van der Waals surface area contributed by atoms with Gasteiger partial charge >= 0.3 is 5.69 Å². The highest BCUT2D eigenvalue weighted by molar-refractivity contribution is 6.04. The first-order valence-corrected chi connectivity index (χ1v) is 4.82. The molecule has 0 aliphatic heterocycles. The van der Waals surface area contributed by atoms with Crippen LogP contribution in [-0.4, -0.2) is 21.0 Å². The van der Waals surface area contributed by atoms with E-state index in [1.165, 1.54) is 12.4 Å². The Balaban J connectivity index is 2.26. The number of halogens is 1. The predicted molar refractivity (Wildman–Crippen MR) is 59.6 cm³/mol. The second-order valence-corrected chi connectivity index (χ2v) is 3.36. The van der Waals surface area contributed by atoms with Crippen LogP contribution in [0.25, 0.3) is 0 Å². The van der Waals surface area contributed by atoms with E-state index in [1.807, 2.05) is 0 Å². The number of hydrogen-bond donors (Lipinski definition) is 2. The Morgan fingerprint density at radius 3 is 2.89 bits per heavy atom. The molecule has 0 bridgehead atoms. The molecule has 1 aromatic carbocycles. The van der Waals surface area contributed by atoms with Crippen molar-refractivity contribution < 1.29 is 14.1 Å². The Hall–Kier alpha value is -2.77. The minimum atomic E-state index is -0.986. The average Bonchev–Trinajstić information content (AvgIpc) is 2.81. The number of nitrogens with one attached hydrogen (secondary N) is 2. The summed E-state index contributed by atoms with van der Waals surface area (Å²) in [6.45, 7) is 0. The van der Waals surface area contributed by atoms with E-state index in [1.54, 1.807) is 0 Å². The molecule has 0 aliphatic rings. The summed E-state index contributed by atoms with van der Waals surface area (Å²) >= 11 is 0. The number of nitro groups is 1. The summed E-state index contributed by atoms with van der Waals surface area (Å²) in [7, 11) is 0. The van der Waals surface area contributed by atoms with Gasteiger partial charge in [-0.05, 0) is 12.1 Å². The van der Waals surface area contributed by atoms with Crippen molar-refractivity contribution in [3.8, 4) is 0 Å². The molecule has 0 unspecified atom stereocenters. The summed E-state index contributed by atoms with van der Waals surface area (Å²) in [5.41, 5.74) is -0.342. The Labute approximate surface area is 99.8 Å². The lowest BCUT2D eigenvalue weighted by molar-refractivity contribution is -0.387. The highest BCUT2D eigenvalue weighted by Crippen LogP contribution is 2.19. The molecule has 0 spiro atoms. The molecule has 8 heteroatoms. The monoisotopic (exact) mass is 250 g/mol. The number of amides is 1. The molecular formula is C10H7FN4O3. The van der Waals surface area contributed by atoms with Crippen molar-refractivity contribution in [2.24, 2.45) is 0 Å². The molecule has 0 fully saturated rings. The van der Waals surface area contributed by atoms with Gasteiger partial charge in [0, 0.05) is 17.8 Å². The van der Waals surface area contributed by atoms with E-state index in [-0.39, 0.29) is 5.56 Å². The summed E-state index contributed by atoms with van der Waals surface area (Å²) < 4.78 is 13.1. The zero-order valence-electron chi connectivity index (χ0n) is 8.88. The number of nitrogens with zero attached hydrogens (tertiary/aromatic N) is 2. The Morgan fingerprint density at radius 2 is 2.28 bits per heavy atom. The molecule has 2 rings (SSSR count). The zero-order valence-corrected chi connectivity index (χ0v) is 8.88. The van der Waals surface area contributed by atoms with Crippen molar-refractivity contribution in [3.63, 3.8) is 0 Å². The Bertz CT molecular complexity index is 597. The van der Waals surface area contributed by atoms with E-state index in [2.05, 4.69) is 15.5 Å². The molecule has 1 amide bonds. The van der Waals surface area contributed by atoms with Crippen LogP contribution in [0.5, 0.6) is 0 Å². The maximum atomic E-state index is 13.1. The fourth-order valence-electron chi connectivity index (χ4n) is 1.32. The van der Waals surface area contributed by atoms with Gasteiger partial charge in [0.15, 0.2) is 0 Å². The van der Waals surface area contributed by atoms with Crippen LogP contribution in [0.1, 0.15) is 10.4 Å². The highest BCUT2D eigenvalue weighted by atomic mass is 19.1. The summed E-state index contributed by atoms with van der Waals surface area (Å²) in [6.07, 6.45) is 2.81. The van der Waals surface area contributed by atoms with Gasteiger partial charge in [0.1, 0.15) is 0 Å². The van der Waals surface area contributed by atoms with Crippen molar-refractivity contribution in [3.05, 3.63) is 52.1 Å². The van der Waals surface area contributed by atoms with Gasteiger partial charge in [-0.25, -0.2) is 0 Å². The molecule has 1 heterocycles. The Morgan fingerprint density at radius 1 is 1.50 bits per heavy atom. The normalized spacial score (nSPS) is 10.1. The molecule has 18 heavy (non-hydrogen) atoms. The number of H-pyrrole nitrogens is 1. The van der Waals surface area contributed by atoms with E-state index in [0.717, 1.165) is 18.2 Å². The number of aromatic amines is 1. The molecule has 0 aliphatic carbocycles. The lowest BCUT2D eigenvalue weighted by Gasteiger charge is -2.02. The molecule has 2 N–H and O–H groups in total. The first-order valence-electron chi connectivity index (χ1n) is 4.82. The molecule has 0 saturated heterocycles. The van der Waals surface area contributed by atoms with Crippen LogP contribution in [0.4, 0.5) is 15.8 Å². The standard InChI is InChI=1S/C10H7FN4O3/c11-8-2-1-6(3-9(8)15(17)18)10(16)14-7-4-12-13-5-7/h1-5H,(H,12,13)(H,14,16). The van der Waals surface area contributed by atoms with Crippen LogP contribution >= 0.6 is 0 Å². The lowest BCUT2D eigenvalue weighted by atomic mass is 10.2. The molecule has 1 aromatic heterocycles. The summed E-state index contributed by atoms with van der Waals surface area (Å²) in [6, 6.07) is 2.92. The van der Waals surface area contributed by atoms with Gasteiger partial charge < -0.3 is 5.32 Å². The van der Waals surface area contributed by atoms with Crippen molar-refractivity contribution >= 4 is 17.3 Å². The predicted octanol–water partition coefficient (Wildman–Crippen LogP) is 1.71. The fourth-order valence-corrected chi connectivity index (χ4v) is 1.32. The summed E-state index contributed by atoms with van der Waals surface area (Å²) in [4.78, 5) is 21.3. The van der Waals surface area contributed by atoms with E-state index in [0.29, 0.717) is 5.69 Å². The number of anilines is 1. The van der Waals surface area contributed by atoms with E-state index in [4.69, 9.17) is 0 Å². The zero-order chi connectivity index (χ0) is 13.1. The van der Waals surface area contributed by atoms with Crippen molar-refractivity contribution in [1.29, 1.82) is 0 Å². The first-order chi connectivity index (χ1) is 8.58. The topological polar surface area (TPSA) is 101 Å². The number of aromatic nitrogens is 2. The average molecular weight is 250 g/mol. The van der Waals surface area contributed by atoms with Crippen LogP contribution < -0.4 is 5.32 Å². The van der Waals surface area contributed by atoms with Gasteiger partial charge in [0.05, 0.1) is 16.8 Å². The molecule has 92 valence electrons. The maximum absolute atomic E-state index is 13.1. The smallest absolute Gasteiger partial charge is 0.305 e. The number of benzene rings is 1. The second-order valence-electron chi connectivity index (χ2n) is 3.36. The minimum Gasteiger partial charge on any atom is -0.319 e. The van der Waals surface area contributed by atoms with E-state index < -0.39 is 22.3 Å². The van der Waals surface area contributed by atoms with Crippen LogP contribution in [0.15, 0.2) is 30.6 Å². The molecule has 7 nitrogen and oxygen atoms in total. The van der Waals surface area contributed by atoms with Crippen LogP contribution in [0.3, 0.4) is 0 Å². The van der Waals surface area contributed by atoms with Crippen molar-refractivity contribution in [2.45, 2.75) is 0 Å².